The number of nitrogens with zero attached hydrogens (tertiary/aromatic N) is 1. The molecule has 0 atom stereocenters. The molecule has 5 heteroatoms. The molecule has 0 aliphatic carbocycles. The van der Waals surface area contributed by atoms with Crippen molar-refractivity contribution in [3.8, 4) is 6.07 Å². The molecule has 1 aromatic rings. The van der Waals surface area contributed by atoms with Crippen LogP contribution in [0.4, 0.5) is 5.69 Å². The number of carbonyl (C=O) groups is 2. The Morgan fingerprint density at radius 1 is 1.37 bits per heavy atom. The van der Waals surface area contributed by atoms with Gasteiger partial charge in [-0.2, -0.15) is 5.26 Å². The van der Waals surface area contributed by atoms with Gasteiger partial charge >= 0.3 is 0 Å². The predicted molar refractivity (Wildman–Crippen MR) is 72.2 cm³/mol. The van der Waals surface area contributed by atoms with Gasteiger partial charge < -0.3 is 11.1 Å². The van der Waals surface area contributed by atoms with Crippen LogP contribution in [0.3, 0.4) is 0 Å². The Kier molecular flexibility index (Phi) is 4.65. The molecule has 0 saturated carbocycles. The summed E-state index contributed by atoms with van der Waals surface area (Å²) in [6.45, 7) is 3.60. The van der Waals surface area contributed by atoms with Crippen molar-refractivity contribution in [1.82, 2.24) is 0 Å². The van der Waals surface area contributed by atoms with E-state index < -0.39 is 11.3 Å². The third-order valence-corrected chi connectivity index (χ3v) is 3.26. The summed E-state index contributed by atoms with van der Waals surface area (Å²) in [5, 5.41) is 11.8. The Balaban J connectivity index is 2.97. The second kappa shape index (κ2) is 6.01. The van der Waals surface area contributed by atoms with E-state index in [1.807, 2.05) is 0 Å². The summed E-state index contributed by atoms with van der Waals surface area (Å²) < 4.78 is 0. The molecule has 0 radical (unpaired) electrons. The first-order chi connectivity index (χ1) is 8.99. The second-order valence-corrected chi connectivity index (χ2v) is 4.30. The lowest BCUT2D eigenvalue weighted by Gasteiger charge is -2.22. The minimum atomic E-state index is -1.04. The van der Waals surface area contributed by atoms with Crippen molar-refractivity contribution in [3.63, 3.8) is 0 Å². The van der Waals surface area contributed by atoms with E-state index in [0.717, 1.165) is 0 Å². The van der Waals surface area contributed by atoms with E-state index in [1.54, 1.807) is 32.0 Å². The largest absolute Gasteiger partial charge is 0.366 e. The normalized spacial score (nSPS) is 10.6. The van der Waals surface area contributed by atoms with Crippen LogP contribution in [0.5, 0.6) is 0 Å². The highest BCUT2D eigenvalue weighted by Gasteiger charge is 2.34. The van der Waals surface area contributed by atoms with Gasteiger partial charge in [0.15, 0.2) is 0 Å². The molecule has 1 rings (SSSR count). The van der Waals surface area contributed by atoms with Gasteiger partial charge in [-0.3, -0.25) is 9.59 Å². The Bertz CT molecular complexity index is 528. The standard InChI is InChI=1S/C14H17N3O2/c1-3-14(4-2,9-15)13(19)17-11-7-5-6-10(8-11)12(16)18/h5-8H,3-4H2,1-2H3,(H2,16,18)(H,17,19). The highest BCUT2D eigenvalue weighted by atomic mass is 16.2. The van der Waals surface area contributed by atoms with Gasteiger partial charge in [-0.05, 0) is 31.0 Å². The maximum absolute atomic E-state index is 12.2. The van der Waals surface area contributed by atoms with Gasteiger partial charge in [0.1, 0.15) is 5.41 Å². The highest BCUT2D eigenvalue weighted by molar-refractivity contribution is 5.99. The van der Waals surface area contributed by atoms with Crippen LogP contribution in [-0.2, 0) is 4.79 Å². The van der Waals surface area contributed by atoms with Crippen LogP contribution in [-0.4, -0.2) is 11.8 Å². The first-order valence-corrected chi connectivity index (χ1v) is 6.11. The monoisotopic (exact) mass is 259 g/mol. The predicted octanol–water partition coefficient (Wildman–Crippen LogP) is 2.05. The summed E-state index contributed by atoms with van der Waals surface area (Å²) in [5.41, 5.74) is 4.91. The van der Waals surface area contributed by atoms with Crippen molar-refractivity contribution in [2.24, 2.45) is 11.1 Å². The van der Waals surface area contributed by atoms with Crippen LogP contribution in [0, 0.1) is 16.7 Å². The fraction of sp³-hybridized carbons (Fsp3) is 0.357. The van der Waals surface area contributed by atoms with Crippen LogP contribution in [0.15, 0.2) is 24.3 Å². The number of anilines is 1. The first kappa shape index (κ1) is 14.7. The maximum Gasteiger partial charge on any atom is 0.248 e. The lowest BCUT2D eigenvalue weighted by atomic mass is 9.83. The van der Waals surface area contributed by atoms with Crippen LogP contribution in [0.25, 0.3) is 0 Å². The Hall–Kier alpha value is -2.35. The second-order valence-electron chi connectivity index (χ2n) is 4.30. The van der Waals surface area contributed by atoms with E-state index >= 15 is 0 Å². The summed E-state index contributed by atoms with van der Waals surface area (Å²) in [6, 6.07) is 8.40. The fourth-order valence-corrected chi connectivity index (χ4v) is 1.78. The van der Waals surface area contributed by atoms with Crippen LogP contribution < -0.4 is 11.1 Å². The molecule has 100 valence electrons. The number of hydrogen-bond donors (Lipinski definition) is 2. The zero-order valence-corrected chi connectivity index (χ0v) is 11.1. The molecule has 0 aliphatic rings. The lowest BCUT2D eigenvalue weighted by Crippen LogP contribution is -2.34. The number of rotatable bonds is 5. The number of primary amides is 1. The molecule has 0 bridgehead atoms. The average Bonchev–Trinajstić information content (AvgIpc) is 2.41. The molecular formula is C14H17N3O2. The quantitative estimate of drug-likeness (QED) is 0.847. The number of nitriles is 1. The summed E-state index contributed by atoms with van der Waals surface area (Å²) in [5.74, 6) is -0.921. The van der Waals surface area contributed by atoms with Crippen molar-refractivity contribution < 1.29 is 9.59 Å². The number of nitrogens with one attached hydrogen (secondary N) is 1. The fourth-order valence-electron chi connectivity index (χ4n) is 1.78. The number of nitrogens with two attached hydrogens (primary N) is 1. The van der Waals surface area contributed by atoms with Crippen molar-refractivity contribution in [2.75, 3.05) is 5.32 Å². The van der Waals surface area contributed by atoms with Crippen molar-refractivity contribution in [3.05, 3.63) is 29.8 Å². The van der Waals surface area contributed by atoms with E-state index in [2.05, 4.69) is 11.4 Å². The van der Waals surface area contributed by atoms with Crippen LogP contribution in [0.2, 0.25) is 0 Å². The van der Waals surface area contributed by atoms with Gasteiger partial charge in [0.25, 0.3) is 0 Å². The summed E-state index contributed by atoms with van der Waals surface area (Å²) >= 11 is 0. The van der Waals surface area contributed by atoms with Crippen LogP contribution >= 0.6 is 0 Å². The molecule has 5 nitrogen and oxygen atoms in total. The Labute approximate surface area is 112 Å². The van der Waals surface area contributed by atoms with Gasteiger partial charge in [0, 0.05) is 11.3 Å². The zero-order valence-electron chi connectivity index (χ0n) is 11.1. The summed E-state index contributed by atoms with van der Waals surface area (Å²) in [4.78, 5) is 23.2. The van der Waals surface area contributed by atoms with E-state index in [9.17, 15) is 14.9 Å². The third kappa shape index (κ3) is 3.10. The third-order valence-electron chi connectivity index (χ3n) is 3.26. The van der Waals surface area contributed by atoms with Crippen molar-refractivity contribution >= 4 is 17.5 Å². The molecule has 1 aromatic carbocycles. The molecular weight excluding hydrogens is 242 g/mol. The smallest absolute Gasteiger partial charge is 0.248 e. The SMILES string of the molecule is CCC(C#N)(CC)C(=O)Nc1cccc(C(N)=O)c1. The van der Waals surface area contributed by atoms with Crippen LogP contribution in [0.1, 0.15) is 37.0 Å². The van der Waals surface area contributed by atoms with E-state index in [1.165, 1.54) is 6.07 Å². The van der Waals surface area contributed by atoms with Gasteiger partial charge in [-0.25, -0.2) is 0 Å². The van der Waals surface area contributed by atoms with Gasteiger partial charge in [-0.1, -0.05) is 19.9 Å². The molecule has 0 saturated heterocycles. The van der Waals surface area contributed by atoms with Crippen molar-refractivity contribution in [1.29, 1.82) is 5.26 Å². The average molecular weight is 259 g/mol. The van der Waals surface area contributed by atoms with Gasteiger partial charge in [-0.15, -0.1) is 0 Å². The zero-order chi connectivity index (χ0) is 14.5. The number of amides is 2. The molecule has 0 aromatic heterocycles. The van der Waals surface area contributed by atoms with E-state index in [-0.39, 0.29) is 5.91 Å². The molecule has 0 heterocycles. The minimum absolute atomic E-state index is 0.313. The number of hydrogen-bond acceptors (Lipinski definition) is 3. The van der Waals surface area contributed by atoms with E-state index in [4.69, 9.17) is 5.73 Å². The molecule has 2 amide bonds. The Morgan fingerprint density at radius 2 is 2.00 bits per heavy atom. The van der Waals surface area contributed by atoms with Gasteiger partial charge in [0.05, 0.1) is 6.07 Å². The summed E-state index contributed by atoms with van der Waals surface area (Å²) in [7, 11) is 0. The van der Waals surface area contributed by atoms with Gasteiger partial charge in [0.2, 0.25) is 11.8 Å². The van der Waals surface area contributed by atoms with Crippen molar-refractivity contribution in [2.45, 2.75) is 26.7 Å². The Morgan fingerprint density at radius 3 is 2.47 bits per heavy atom. The molecule has 19 heavy (non-hydrogen) atoms. The molecule has 0 spiro atoms. The first-order valence-electron chi connectivity index (χ1n) is 6.11. The lowest BCUT2D eigenvalue weighted by molar-refractivity contribution is -0.123. The maximum atomic E-state index is 12.2. The molecule has 0 unspecified atom stereocenters. The number of benzene rings is 1. The molecule has 0 aliphatic heterocycles. The highest BCUT2D eigenvalue weighted by Crippen LogP contribution is 2.27. The van der Waals surface area contributed by atoms with E-state index in [0.29, 0.717) is 24.1 Å². The minimum Gasteiger partial charge on any atom is -0.366 e. The molecule has 3 N–H and O–H groups in total. The number of carbonyl (C=O) groups excluding carboxylic acids is 2. The topological polar surface area (TPSA) is 96.0 Å². The summed E-state index contributed by atoms with van der Waals surface area (Å²) in [6.07, 6.45) is 0.864. The molecule has 0 fully saturated rings.